The minimum atomic E-state index is -1.09. The lowest BCUT2D eigenvalue weighted by Gasteiger charge is -2.20. The molecule has 0 atom stereocenters. The highest BCUT2D eigenvalue weighted by Crippen LogP contribution is 2.13. The molecule has 0 fully saturated rings. The van der Waals surface area contributed by atoms with Crippen molar-refractivity contribution in [3.05, 3.63) is 36.4 Å². The maximum absolute atomic E-state index is 12.5. The molecular weight excluding hydrogens is 274 g/mol. The van der Waals surface area contributed by atoms with E-state index in [2.05, 4.69) is 21.6 Å². The number of amides is 1. The number of aryl methyl sites for hydroxylation is 1. The van der Waals surface area contributed by atoms with Gasteiger partial charge < -0.3 is 10.0 Å². The van der Waals surface area contributed by atoms with Crippen LogP contribution in [0.3, 0.4) is 0 Å². The van der Waals surface area contributed by atoms with Gasteiger partial charge in [0.25, 0.3) is 11.7 Å². The lowest BCUT2D eigenvalue weighted by atomic mass is 10.1. The number of hydrogen-bond acceptors (Lipinski definition) is 5. The number of fused-ring (bicyclic) bond motifs is 1. The fourth-order valence-electron chi connectivity index (χ4n) is 2.05. The smallest absolute Gasteiger partial charge is 0.323 e. The summed E-state index contributed by atoms with van der Waals surface area (Å²) in [4.78, 5) is 32.6. The summed E-state index contributed by atoms with van der Waals surface area (Å²) in [5, 5.41) is 12.9. The van der Waals surface area contributed by atoms with E-state index in [1.54, 1.807) is 0 Å². The second-order valence-electron chi connectivity index (χ2n) is 4.31. The van der Waals surface area contributed by atoms with Crippen molar-refractivity contribution < 1.29 is 14.7 Å². The van der Waals surface area contributed by atoms with Crippen LogP contribution >= 0.6 is 0 Å². The van der Waals surface area contributed by atoms with E-state index < -0.39 is 18.4 Å². The summed E-state index contributed by atoms with van der Waals surface area (Å²) in [5.74, 6) is -1.10. The Labute approximate surface area is 120 Å². The molecule has 110 valence electrons. The number of rotatable bonds is 6. The van der Waals surface area contributed by atoms with Gasteiger partial charge >= 0.3 is 5.97 Å². The first-order valence-electron chi connectivity index (χ1n) is 6.38. The molecule has 0 saturated heterocycles. The number of nitrogens with zero attached hydrogens (tertiary/aromatic N) is 5. The van der Waals surface area contributed by atoms with Crippen LogP contribution in [0.2, 0.25) is 0 Å². The Bertz CT molecular complexity index is 694. The lowest BCUT2D eigenvalue weighted by molar-refractivity contribution is -0.137. The van der Waals surface area contributed by atoms with Crippen LogP contribution < -0.4 is 0 Å². The van der Waals surface area contributed by atoms with Crippen LogP contribution in [0.25, 0.3) is 5.78 Å². The summed E-state index contributed by atoms with van der Waals surface area (Å²) in [6.45, 7) is 5.16. The van der Waals surface area contributed by atoms with E-state index in [1.165, 1.54) is 28.0 Å². The topological polar surface area (TPSA) is 101 Å². The number of carbonyl (C=O) groups is 2. The Morgan fingerprint density at radius 2 is 2.24 bits per heavy atom. The molecule has 0 spiro atoms. The van der Waals surface area contributed by atoms with Gasteiger partial charge in [-0.1, -0.05) is 13.0 Å². The molecule has 2 aromatic rings. The molecule has 8 heteroatoms. The van der Waals surface area contributed by atoms with Crippen molar-refractivity contribution in [2.45, 2.75) is 13.3 Å². The highest BCUT2D eigenvalue weighted by Gasteiger charge is 2.22. The normalized spacial score (nSPS) is 10.5. The van der Waals surface area contributed by atoms with Crippen molar-refractivity contribution in [3.8, 4) is 0 Å². The van der Waals surface area contributed by atoms with Crippen molar-refractivity contribution in [1.29, 1.82) is 0 Å². The molecule has 0 unspecified atom stereocenters. The van der Waals surface area contributed by atoms with Gasteiger partial charge in [-0.3, -0.25) is 9.59 Å². The summed E-state index contributed by atoms with van der Waals surface area (Å²) < 4.78 is 1.49. The van der Waals surface area contributed by atoms with Crippen molar-refractivity contribution in [2.75, 3.05) is 13.1 Å². The third-order valence-electron chi connectivity index (χ3n) is 2.93. The van der Waals surface area contributed by atoms with Crippen LogP contribution in [0.5, 0.6) is 0 Å². The number of carbonyl (C=O) groups excluding carboxylic acids is 1. The minimum absolute atomic E-state index is 0.143. The molecule has 0 aliphatic rings. The predicted molar refractivity (Wildman–Crippen MR) is 73.9 cm³/mol. The summed E-state index contributed by atoms with van der Waals surface area (Å²) >= 11 is 0. The largest absolute Gasteiger partial charge is 0.480 e. The first kappa shape index (κ1) is 14.6. The molecule has 0 aromatic carbocycles. The summed E-state index contributed by atoms with van der Waals surface area (Å²) in [7, 11) is 0. The van der Waals surface area contributed by atoms with Gasteiger partial charge in [0.2, 0.25) is 0 Å². The summed E-state index contributed by atoms with van der Waals surface area (Å²) in [5.41, 5.74) is 0.959. The number of carboxylic acid groups (broad SMARTS) is 1. The molecule has 2 heterocycles. The van der Waals surface area contributed by atoms with Crippen molar-refractivity contribution >= 4 is 17.7 Å². The van der Waals surface area contributed by atoms with Gasteiger partial charge in [0.1, 0.15) is 12.9 Å². The highest BCUT2D eigenvalue weighted by molar-refractivity contribution is 5.96. The third kappa shape index (κ3) is 2.88. The van der Waals surface area contributed by atoms with E-state index in [1.807, 2.05) is 6.92 Å². The molecule has 0 aliphatic carbocycles. The molecule has 0 saturated carbocycles. The molecule has 2 aromatic heterocycles. The quantitative estimate of drug-likeness (QED) is 0.772. The zero-order valence-corrected chi connectivity index (χ0v) is 11.6. The zero-order chi connectivity index (χ0) is 15.4. The van der Waals surface area contributed by atoms with Crippen LogP contribution in [0, 0.1) is 0 Å². The Morgan fingerprint density at radius 3 is 2.86 bits per heavy atom. The zero-order valence-electron chi connectivity index (χ0n) is 11.6. The summed E-state index contributed by atoms with van der Waals surface area (Å²) in [6.07, 6.45) is 4.78. The number of aliphatic carboxylic acids is 1. The maximum atomic E-state index is 12.5. The maximum Gasteiger partial charge on any atom is 0.323 e. The first-order chi connectivity index (χ1) is 10.1. The standard InChI is InChI=1S/C13H15N5O3/c1-3-5-17(7-11(19)20)12(21)9-6-14-13-15-8-16-18(13)10(9)4-2/h3,6,8H,1,4-5,7H2,2H3,(H,19,20). The number of aromatic nitrogens is 4. The van der Waals surface area contributed by atoms with Crippen LogP contribution in [0.4, 0.5) is 0 Å². The molecule has 1 N–H and O–H groups in total. The predicted octanol–water partition coefficient (Wildman–Crippen LogP) is 0.399. The highest BCUT2D eigenvalue weighted by atomic mass is 16.4. The molecule has 0 bridgehead atoms. The van der Waals surface area contributed by atoms with Crippen LogP contribution in [-0.4, -0.2) is 54.6 Å². The van der Waals surface area contributed by atoms with Gasteiger partial charge in [0.05, 0.1) is 11.3 Å². The van der Waals surface area contributed by atoms with Crippen molar-refractivity contribution in [3.63, 3.8) is 0 Å². The fraction of sp³-hybridized carbons (Fsp3) is 0.308. The molecule has 2 rings (SSSR count). The van der Waals surface area contributed by atoms with Crippen LogP contribution in [0.15, 0.2) is 25.2 Å². The Kier molecular flexibility index (Phi) is 4.27. The number of hydrogen-bond donors (Lipinski definition) is 1. The Hall–Kier alpha value is -2.77. The second kappa shape index (κ2) is 6.12. The molecule has 21 heavy (non-hydrogen) atoms. The average molecular weight is 289 g/mol. The number of carboxylic acids is 1. The minimum Gasteiger partial charge on any atom is -0.480 e. The van der Waals surface area contributed by atoms with Gasteiger partial charge in [-0.25, -0.2) is 9.50 Å². The van der Waals surface area contributed by atoms with Crippen molar-refractivity contribution in [1.82, 2.24) is 24.5 Å². The lowest BCUT2D eigenvalue weighted by Crippen LogP contribution is -2.36. The van der Waals surface area contributed by atoms with E-state index in [0.29, 0.717) is 23.5 Å². The van der Waals surface area contributed by atoms with E-state index in [0.717, 1.165) is 0 Å². The Balaban J connectivity index is 2.45. The Morgan fingerprint density at radius 1 is 1.48 bits per heavy atom. The molecule has 8 nitrogen and oxygen atoms in total. The van der Waals surface area contributed by atoms with E-state index in [-0.39, 0.29) is 6.54 Å². The van der Waals surface area contributed by atoms with Crippen molar-refractivity contribution in [2.24, 2.45) is 0 Å². The van der Waals surface area contributed by atoms with Crippen LogP contribution in [-0.2, 0) is 11.2 Å². The van der Waals surface area contributed by atoms with Gasteiger partial charge in [-0.05, 0) is 6.42 Å². The summed E-state index contributed by atoms with van der Waals surface area (Å²) in [6, 6.07) is 0. The van der Waals surface area contributed by atoms with Gasteiger partial charge in [0, 0.05) is 12.7 Å². The van der Waals surface area contributed by atoms with Gasteiger partial charge in [0.15, 0.2) is 0 Å². The van der Waals surface area contributed by atoms with Crippen LogP contribution in [0.1, 0.15) is 23.0 Å². The molecule has 1 amide bonds. The fourth-order valence-corrected chi connectivity index (χ4v) is 2.05. The van der Waals surface area contributed by atoms with E-state index >= 15 is 0 Å². The SMILES string of the molecule is C=CCN(CC(=O)O)C(=O)c1cnc2ncnn2c1CC. The van der Waals surface area contributed by atoms with Gasteiger partial charge in [-0.2, -0.15) is 10.1 Å². The van der Waals surface area contributed by atoms with Gasteiger partial charge in [-0.15, -0.1) is 6.58 Å². The third-order valence-corrected chi connectivity index (χ3v) is 2.93. The molecule has 0 radical (unpaired) electrons. The average Bonchev–Trinajstić information content (AvgIpc) is 2.92. The monoisotopic (exact) mass is 289 g/mol. The second-order valence-corrected chi connectivity index (χ2v) is 4.31. The molecular formula is C13H15N5O3. The first-order valence-corrected chi connectivity index (χ1v) is 6.38. The van der Waals surface area contributed by atoms with E-state index in [4.69, 9.17) is 5.11 Å². The molecule has 0 aliphatic heterocycles. The van der Waals surface area contributed by atoms with E-state index in [9.17, 15) is 9.59 Å².